The van der Waals surface area contributed by atoms with E-state index in [0.717, 1.165) is 46.6 Å². The molecule has 0 fully saturated rings. The summed E-state index contributed by atoms with van der Waals surface area (Å²) in [6, 6.07) is 16.4. The van der Waals surface area contributed by atoms with E-state index in [1.54, 1.807) is 6.92 Å². The van der Waals surface area contributed by atoms with Gasteiger partial charge < -0.3 is 15.2 Å². The van der Waals surface area contributed by atoms with Gasteiger partial charge in [0.1, 0.15) is 5.75 Å². The Hall–Kier alpha value is -2.30. The average Bonchev–Trinajstić information content (AvgIpc) is 3.07. The van der Waals surface area contributed by atoms with Gasteiger partial charge in [-0.25, -0.2) is 4.98 Å². The van der Waals surface area contributed by atoms with E-state index in [-0.39, 0.29) is 12.4 Å². The molecule has 2 aromatic carbocycles. The molecule has 0 spiro atoms. The minimum atomic E-state index is -0.405. The summed E-state index contributed by atoms with van der Waals surface area (Å²) in [5.41, 5.74) is 5.19. The number of para-hydroxylation sites is 1. The fourth-order valence-corrected chi connectivity index (χ4v) is 3.07. The van der Waals surface area contributed by atoms with E-state index < -0.39 is 6.10 Å². The first-order valence-corrected chi connectivity index (χ1v) is 8.28. The Morgan fingerprint density at radius 1 is 1.20 bits per heavy atom. The van der Waals surface area contributed by atoms with Crippen LogP contribution in [-0.2, 0) is 6.42 Å². The minimum Gasteiger partial charge on any atom is -0.493 e. The summed E-state index contributed by atoms with van der Waals surface area (Å²) >= 11 is 0. The molecule has 1 aliphatic rings. The zero-order chi connectivity index (χ0) is 16.5. The highest BCUT2D eigenvalue weighted by atomic mass is 35.5. The third-order valence-corrected chi connectivity index (χ3v) is 4.29. The van der Waals surface area contributed by atoms with Crippen LogP contribution in [0.3, 0.4) is 0 Å². The van der Waals surface area contributed by atoms with Gasteiger partial charge in [-0.1, -0.05) is 18.2 Å². The van der Waals surface area contributed by atoms with Gasteiger partial charge in [-0.3, -0.25) is 0 Å². The Balaban J connectivity index is 0.00000182. The zero-order valence-corrected chi connectivity index (χ0v) is 14.8. The van der Waals surface area contributed by atoms with E-state index in [9.17, 15) is 5.11 Å². The van der Waals surface area contributed by atoms with Crippen LogP contribution in [0.15, 0.2) is 48.5 Å². The van der Waals surface area contributed by atoms with Crippen molar-refractivity contribution in [2.45, 2.75) is 19.4 Å². The van der Waals surface area contributed by atoms with Crippen LogP contribution in [0, 0.1) is 0 Å². The van der Waals surface area contributed by atoms with Crippen LogP contribution < -0.4 is 10.1 Å². The number of anilines is 1. The van der Waals surface area contributed by atoms with Gasteiger partial charge >= 0.3 is 0 Å². The molecule has 25 heavy (non-hydrogen) atoms. The van der Waals surface area contributed by atoms with E-state index in [1.807, 2.05) is 30.3 Å². The highest BCUT2D eigenvalue weighted by Crippen LogP contribution is 2.32. The van der Waals surface area contributed by atoms with Crippen LogP contribution in [0.2, 0.25) is 0 Å². The standard InChI is InChI=1S/C20H20N2O2.ClH/c1-13(23)12-21-19-11-18(22-17-5-3-2-4-16(17)19)14-6-7-20-15(10-14)8-9-24-20;/h2-7,10-11,13,23H,8-9,12H2,1H3,(H,21,22);1H/t13-;/m0./s1. The second-order valence-electron chi connectivity index (χ2n) is 6.22. The summed E-state index contributed by atoms with van der Waals surface area (Å²) in [5, 5.41) is 14.0. The zero-order valence-electron chi connectivity index (χ0n) is 14.0. The Morgan fingerprint density at radius 2 is 2.04 bits per heavy atom. The van der Waals surface area contributed by atoms with Crippen molar-refractivity contribution in [3.63, 3.8) is 0 Å². The van der Waals surface area contributed by atoms with Crippen molar-refractivity contribution >= 4 is 29.0 Å². The summed E-state index contributed by atoms with van der Waals surface area (Å²) in [5.74, 6) is 0.979. The van der Waals surface area contributed by atoms with Crippen molar-refractivity contribution in [1.82, 2.24) is 4.98 Å². The SMILES string of the molecule is C[C@H](O)CNc1cc(-c2ccc3c(c2)CCO3)nc2ccccc12.Cl. The molecule has 0 bridgehead atoms. The number of aliphatic hydroxyl groups is 1. The number of rotatable bonds is 4. The smallest absolute Gasteiger partial charge is 0.122 e. The molecule has 1 aliphatic heterocycles. The summed E-state index contributed by atoms with van der Waals surface area (Å²) in [4.78, 5) is 4.82. The van der Waals surface area contributed by atoms with Crippen LogP contribution in [0.4, 0.5) is 5.69 Å². The Kier molecular flexibility index (Phi) is 5.11. The molecule has 0 aliphatic carbocycles. The van der Waals surface area contributed by atoms with E-state index >= 15 is 0 Å². The van der Waals surface area contributed by atoms with Gasteiger partial charge in [0.2, 0.25) is 0 Å². The maximum Gasteiger partial charge on any atom is 0.122 e. The number of pyridine rings is 1. The summed E-state index contributed by atoms with van der Waals surface area (Å²) in [6.07, 6.45) is 0.543. The molecule has 4 nitrogen and oxygen atoms in total. The molecule has 0 amide bonds. The third-order valence-electron chi connectivity index (χ3n) is 4.29. The second kappa shape index (κ2) is 7.30. The molecule has 2 heterocycles. The van der Waals surface area contributed by atoms with Gasteiger partial charge in [-0.2, -0.15) is 0 Å². The molecule has 2 N–H and O–H groups in total. The fourth-order valence-electron chi connectivity index (χ4n) is 3.07. The molecule has 1 aromatic heterocycles. The number of ether oxygens (including phenoxy) is 1. The maximum atomic E-state index is 9.59. The topological polar surface area (TPSA) is 54.4 Å². The number of halogens is 1. The molecule has 1 atom stereocenters. The van der Waals surface area contributed by atoms with E-state index in [0.29, 0.717) is 6.54 Å². The van der Waals surface area contributed by atoms with Crippen molar-refractivity contribution in [2.24, 2.45) is 0 Å². The minimum absolute atomic E-state index is 0. The van der Waals surface area contributed by atoms with Crippen LogP contribution >= 0.6 is 12.4 Å². The van der Waals surface area contributed by atoms with Crippen LogP contribution in [0.5, 0.6) is 5.75 Å². The molecule has 5 heteroatoms. The predicted octanol–water partition coefficient (Wildman–Crippen LogP) is 4.05. The average molecular weight is 357 g/mol. The highest BCUT2D eigenvalue weighted by Gasteiger charge is 2.14. The van der Waals surface area contributed by atoms with Gasteiger partial charge in [-0.15, -0.1) is 12.4 Å². The first-order chi connectivity index (χ1) is 11.7. The fraction of sp³-hybridized carbons (Fsp3) is 0.250. The number of aromatic nitrogens is 1. The number of nitrogens with zero attached hydrogens (tertiary/aromatic N) is 1. The van der Waals surface area contributed by atoms with Gasteiger partial charge in [0, 0.05) is 29.6 Å². The summed E-state index contributed by atoms with van der Waals surface area (Å²) < 4.78 is 5.59. The normalized spacial score (nSPS) is 13.7. The van der Waals surface area contributed by atoms with Crippen LogP contribution in [0.1, 0.15) is 12.5 Å². The number of hydrogen-bond acceptors (Lipinski definition) is 4. The first kappa shape index (κ1) is 17.5. The molecule has 0 saturated carbocycles. The number of hydrogen-bond donors (Lipinski definition) is 2. The van der Waals surface area contributed by atoms with Gasteiger partial charge in [0.05, 0.1) is 23.9 Å². The van der Waals surface area contributed by atoms with Crippen molar-refractivity contribution in [3.8, 4) is 17.0 Å². The first-order valence-electron chi connectivity index (χ1n) is 8.28. The number of nitrogens with one attached hydrogen (secondary N) is 1. The molecule has 130 valence electrons. The van der Waals surface area contributed by atoms with Gasteiger partial charge in [0.25, 0.3) is 0 Å². The lowest BCUT2D eigenvalue weighted by Crippen LogP contribution is -2.15. The second-order valence-corrected chi connectivity index (χ2v) is 6.22. The molecule has 0 radical (unpaired) electrons. The Labute approximate surface area is 153 Å². The number of benzene rings is 2. The van der Waals surface area contributed by atoms with Crippen molar-refractivity contribution in [2.75, 3.05) is 18.5 Å². The van der Waals surface area contributed by atoms with Gasteiger partial charge in [0.15, 0.2) is 0 Å². The quantitative estimate of drug-likeness (QED) is 0.740. The lowest BCUT2D eigenvalue weighted by Gasteiger charge is -2.13. The molecule has 0 saturated heterocycles. The highest BCUT2D eigenvalue weighted by molar-refractivity contribution is 5.93. The molecule has 0 unspecified atom stereocenters. The van der Waals surface area contributed by atoms with Crippen molar-refractivity contribution in [1.29, 1.82) is 0 Å². The van der Waals surface area contributed by atoms with E-state index in [1.165, 1.54) is 5.56 Å². The van der Waals surface area contributed by atoms with Crippen molar-refractivity contribution < 1.29 is 9.84 Å². The predicted molar refractivity (Wildman–Crippen MR) is 104 cm³/mol. The molecule has 4 rings (SSSR count). The third kappa shape index (κ3) is 3.55. The molecular weight excluding hydrogens is 336 g/mol. The van der Waals surface area contributed by atoms with E-state index in [4.69, 9.17) is 9.72 Å². The maximum absolute atomic E-state index is 9.59. The largest absolute Gasteiger partial charge is 0.493 e. The lowest BCUT2D eigenvalue weighted by atomic mass is 10.0. The van der Waals surface area contributed by atoms with Crippen LogP contribution in [0.25, 0.3) is 22.2 Å². The summed E-state index contributed by atoms with van der Waals surface area (Å²) in [7, 11) is 0. The summed E-state index contributed by atoms with van der Waals surface area (Å²) in [6.45, 7) is 3.04. The van der Waals surface area contributed by atoms with Gasteiger partial charge in [-0.05, 0) is 42.8 Å². The monoisotopic (exact) mass is 356 g/mol. The molecular formula is C20H21ClN2O2. The van der Waals surface area contributed by atoms with E-state index in [2.05, 4.69) is 23.5 Å². The lowest BCUT2D eigenvalue weighted by molar-refractivity contribution is 0.208. The Morgan fingerprint density at radius 3 is 2.88 bits per heavy atom. The Bertz CT molecular complexity index is 896. The van der Waals surface area contributed by atoms with Crippen molar-refractivity contribution in [3.05, 3.63) is 54.1 Å². The number of aliphatic hydroxyl groups excluding tert-OH is 1. The number of fused-ring (bicyclic) bond motifs is 2. The van der Waals surface area contributed by atoms with Crippen LogP contribution in [-0.4, -0.2) is 29.3 Å². The molecule has 3 aromatic rings.